The molecule has 0 aromatic rings. The molecule has 1 rings (SSSR count). The van der Waals surface area contributed by atoms with Gasteiger partial charge in [0.05, 0.1) is 6.04 Å². The summed E-state index contributed by atoms with van der Waals surface area (Å²) in [6.45, 7) is 14.5. The third kappa shape index (κ3) is 3.95. The monoisotopic (exact) mass is 255 g/mol. The lowest BCUT2D eigenvalue weighted by molar-refractivity contribution is -0.124. The molecule has 1 unspecified atom stereocenters. The lowest BCUT2D eigenvalue weighted by Gasteiger charge is -2.39. The number of carbonyl (C=O) groups excluding carboxylic acids is 1. The van der Waals surface area contributed by atoms with Gasteiger partial charge in [-0.3, -0.25) is 4.79 Å². The number of hydrogen-bond acceptors (Lipinski definition) is 3. The van der Waals surface area contributed by atoms with Gasteiger partial charge in [0.2, 0.25) is 5.91 Å². The van der Waals surface area contributed by atoms with Crippen molar-refractivity contribution in [3.63, 3.8) is 0 Å². The fraction of sp³-hybridized carbons (Fsp3) is 0.929. The number of likely N-dealkylation sites (N-methyl/N-ethyl adjacent to an activating group) is 1. The van der Waals surface area contributed by atoms with Crippen molar-refractivity contribution in [2.24, 2.45) is 10.8 Å². The highest BCUT2D eigenvalue weighted by Gasteiger charge is 2.33. The van der Waals surface area contributed by atoms with Crippen LogP contribution in [0, 0.1) is 10.8 Å². The van der Waals surface area contributed by atoms with Gasteiger partial charge >= 0.3 is 0 Å². The highest BCUT2D eigenvalue weighted by atomic mass is 16.2. The predicted molar refractivity (Wildman–Crippen MR) is 75.5 cm³/mol. The van der Waals surface area contributed by atoms with E-state index in [4.69, 9.17) is 0 Å². The Labute approximate surface area is 111 Å². The quantitative estimate of drug-likeness (QED) is 0.793. The van der Waals surface area contributed by atoms with Crippen LogP contribution in [0.2, 0.25) is 0 Å². The number of piperazine rings is 1. The molecule has 0 aromatic carbocycles. The summed E-state index contributed by atoms with van der Waals surface area (Å²) in [6.07, 6.45) is 0. The van der Waals surface area contributed by atoms with E-state index in [2.05, 4.69) is 57.2 Å². The molecule has 2 N–H and O–H groups in total. The van der Waals surface area contributed by atoms with Crippen LogP contribution in [0.4, 0.5) is 0 Å². The number of rotatable bonds is 3. The van der Waals surface area contributed by atoms with Gasteiger partial charge in [0.15, 0.2) is 0 Å². The first kappa shape index (κ1) is 15.4. The fourth-order valence-corrected chi connectivity index (χ4v) is 1.77. The van der Waals surface area contributed by atoms with Gasteiger partial charge < -0.3 is 15.5 Å². The number of nitrogens with zero attached hydrogens (tertiary/aromatic N) is 1. The number of amides is 1. The van der Waals surface area contributed by atoms with E-state index < -0.39 is 0 Å². The molecule has 1 aliphatic heterocycles. The molecule has 1 aliphatic rings. The Morgan fingerprint density at radius 2 is 1.94 bits per heavy atom. The van der Waals surface area contributed by atoms with Gasteiger partial charge in [-0.15, -0.1) is 0 Å². The van der Waals surface area contributed by atoms with Crippen molar-refractivity contribution in [1.29, 1.82) is 0 Å². The van der Waals surface area contributed by atoms with Crippen LogP contribution in [0.3, 0.4) is 0 Å². The maximum absolute atomic E-state index is 12.1. The zero-order valence-corrected chi connectivity index (χ0v) is 12.8. The van der Waals surface area contributed by atoms with Crippen molar-refractivity contribution < 1.29 is 4.79 Å². The van der Waals surface area contributed by atoms with Crippen LogP contribution in [0.5, 0.6) is 0 Å². The van der Waals surface area contributed by atoms with Crippen LogP contribution in [0.15, 0.2) is 0 Å². The average molecular weight is 255 g/mol. The van der Waals surface area contributed by atoms with Crippen LogP contribution in [0.25, 0.3) is 0 Å². The first-order valence-electron chi connectivity index (χ1n) is 6.83. The Morgan fingerprint density at radius 3 is 2.44 bits per heavy atom. The molecule has 0 saturated carbocycles. The predicted octanol–water partition coefficient (Wildman–Crippen LogP) is 1.08. The normalized spacial score (nSPS) is 22.9. The summed E-state index contributed by atoms with van der Waals surface area (Å²) in [6, 6.07) is -0.0699. The molecule has 0 radical (unpaired) electrons. The third-order valence-electron chi connectivity index (χ3n) is 4.43. The summed E-state index contributed by atoms with van der Waals surface area (Å²) in [5.41, 5.74) is 0.264. The molecule has 0 spiro atoms. The van der Waals surface area contributed by atoms with Crippen LogP contribution in [-0.4, -0.2) is 50.1 Å². The van der Waals surface area contributed by atoms with Crippen molar-refractivity contribution in [2.75, 3.05) is 33.2 Å². The van der Waals surface area contributed by atoms with E-state index in [0.717, 1.165) is 26.2 Å². The first-order valence-corrected chi connectivity index (χ1v) is 6.83. The highest BCUT2D eigenvalue weighted by Crippen LogP contribution is 2.36. The SMILES string of the molecule is CN1CCNC(C(=O)NCC(C)(C)C(C)(C)C)C1. The number of hydrogen-bond donors (Lipinski definition) is 2. The van der Waals surface area contributed by atoms with Gasteiger partial charge in [-0.1, -0.05) is 34.6 Å². The minimum Gasteiger partial charge on any atom is -0.354 e. The maximum Gasteiger partial charge on any atom is 0.238 e. The second kappa shape index (κ2) is 5.57. The summed E-state index contributed by atoms with van der Waals surface area (Å²) in [4.78, 5) is 14.3. The summed E-state index contributed by atoms with van der Waals surface area (Å²) in [5, 5.41) is 6.36. The largest absolute Gasteiger partial charge is 0.354 e. The van der Waals surface area contributed by atoms with E-state index in [0.29, 0.717) is 0 Å². The molecule has 1 fully saturated rings. The maximum atomic E-state index is 12.1. The molecule has 0 bridgehead atoms. The summed E-state index contributed by atoms with van der Waals surface area (Å²) in [5.74, 6) is 0.124. The Morgan fingerprint density at radius 1 is 1.33 bits per heavy atom. The van der Waals surface area contributed by atoms with Crippen LogP contribution in [-0.2, 0) is 4.79 Å². The van der Waals surface area contributed by atoms with Gasteiger partial charge in [0.25, 0.3) is 0 Å². The van der Waals surface area contributed by atoms with Crippen LogP contribution >= 0.6 is 0 Å². The summed E-state index contributed by atoms with van der Waals surface area (Å²) < 4.78 is 0. The van der Waals surface area contributed by atoms with E-state index in [1.165, 1.54) is 0 Å². The topological polar surface area (TPSA) is 44.4 Å². The minimum atomic E-state index is -0.0699. The lowest BCUT2D eigenvalue weighted by atomic mass is 9.69. The summed E-state index contributed by atoms with van der Waals surface area (Å²) in [7, 11) is 2.06. The first-order chi connectivity index (χ1) is 8.13. The minimum absolute atomic E-state index is 0.0699. The Kier molecular flexibility index (Phi) is 4.78. The fourth-order valence-electron chi connectivity index (χ4n) is 1.77. The standard InChI is InChI=1S/C14H29N3O/c1-13(2,3)14(4,5)10-16-12(18)11-9-17(6)8-7-15-11/h11,15H,7-10H2,1-6H3,(H,16,18). The van der Waals surface area contributed by atoms with Gasteiger partial charge in [-0.2, -0.15) is 0 Å². The van der Waals surface area contributed by atoms with Gasteiger partial charge in [0, 0.05) is 26.2 Å². The lowest BCUT2D eigenvalue weighted by Crippen LogP contribution is -2.57. The molecule has 106 valence electrons. The van der Waals surface area contributed by atoms with E-state index in [1.807, 2.05) is 0 Å². The second-order valence-corrected chi connectivity index (χ2v) is 7.12. The van der Waals surface area contributed by atoms with E-state index in [-0.39, 0.29) is 22.8 Å². The number of carbonyl (C=O) groups is 1. The van der Waals surface area contributed by atoms with Crippen molar-refractivity contribution in [1.82, 2.24) is 15.5 Å². The molecular weight excluding hydrogens is 226 g/mol. The molecular formula is C14H29N3O. The van der Waals surface area contributed by atoms with E-state index in [9.17, 15) is 4.79 Å². The summed E-state index contributed by atoms with van der Waals surface area (Å²) >= 11 is 0. The Bertz CT molecular complexity index is 294. The Hall–Kier alpha value is -0.610. The zero-order chi connectivity index (χ0) is 14.0. The van der Waals surface area contributed by atoms with Crippen molar-refractivity contribution in [3.8, 4) is 0 Å². The van der Waals surface area contributed by atoms with Crippen LogP contribution < -0.4 is 10.6 Å². The highest BCUT2D eigenvalue weighted by molar-refractivity contribution is 5.82. The van der Waals surface area contributed by atoms with Crippen LogP contribution in [0.1, 0.15) is 34.6 Å². The average Bonchev–Trinajstić information content (AvgIpc) is 2.24. The molecule has 0 aliphatic carbocycles. The molecule has 4 heteroatoms. The van der Waals surface area contributed by atoms with Gasteiger partial charge in [-0.05, 0) is 17.9 Å². The molecule has 18 heavy (non-hydrogen) atoms. The third-order valence-corrected chi connectivity index (χ3v) is 4.43. The second-order valence-electron chi connectivity index (χ2n) is 7.12. The molecule has 1 heterocycles. The van der Waals surface area contributed by atoms with E-state index >= 15 is 0 Å². The number of nitrogens with one attached hydrogen (secondary N) is 2. The van der Waals surface area contributed by atoms with Crippen molar-refractivity contribution in [2.45, 2.75) is 40.7 Å². The van der Waals surface area contributed by atoms with E-state index in [1.54, 1.807) is 0 Å². The molecule has 1 atom stereocenters. The Balaban J connectivity index is 2.46. The smallest absolute Gasteiger partial charge is 0.238 e. The van der Waals surface area contributed by atoms with Crippen molar-refractivity contribution >= 4 is 5.91 Å². The molecule has 4 nitrogen and oxygen atoms in total. The molecule has 1 saturated heterocycles. The van der Waals surface area contributed by atoms with Crippen molar-refractivity contribution in [3.05, 3.63) is 0 Å². The zero-order valence-electron chi connectivity index (χ0n) is 12.8. The molecule has 0 aromatic heterocycles. The van der Waals surface area contributed by atoms with Gasteiger partial charge in [-0.25, -0.2) is 0 Å². The van der Waals surface area contributed by atoms with Gasteiger partial charge in [0.1, 0.15) is 0 Å². The molecule has 1 amide bonds.